The molecule has 0 saturated heterocycles. The van der Waals surface area contributed by atoms with Crippen molar-refractivity contribution in [1.29, 1.82) is 0 Å². The normalized spacial score (nSPS) is 11.0. The van der Waals surface area contributed by atoms with Gasteiger partial charge in [0.15, 0.2) is 0 Å². The molecule has 1 rings (SSSR count). The van der Waals surface area contributed by atoms with Gasteiger partial charge >= 0.3 is 0 Å². The van der Waals surface area contributed by atoms with Crippen molar-refractivity contribution in [3.05, 3.63) is 24.3 Å². The van der Waals surface area contributed by atoms with E-state index in [1.165, 1.54) is 6.08 Å². The number of nitrogens with zero attached hydrogens (tertiary/aromatic N) is 1. The first-order chi connectivity index (χ1) is 6.18. The average molecular weight is 179 g/mol. The summed E-state index contributed by atoms with van der Waals surface area (Å²) in [5.74, 6) is 0.574. The van der Waals surface area contributed by atoms with E-state index in [0.717, 1.165) is 0 Å². The van der Waals surface area contributed by atoms with E-state index >= 15 is 0 Å². The maximum absolute atomic E-state index is 11.1. The van der Waals surface area contributed by atoms with Crippen LogP contribution in [0.4, 0.5) is 0 Å². The van der Waals surface area contributed by atoms with Crippen LogP contribution in [0.5, 0.6) is 0 Å². The first-order valence-electron chi connectivity index (χ1n) is 4.16. The highest BCUT2D eigenvalue weighted by Crippen LogP contribution is 1.91. The summed E-state index contributed by atoms with van der Waals surface area (Å²) >= 11 is 0. The molecule has 4 nitrogen and oxygen atoms in total. The Kier molecular flexibility index (Phi) is 3.25. The van der Waals surface area contributed by atoms with E-state index in [4.69, 9.17) is 0 Å². The van der Waals surface area contributed by atoms with E-state index in [2.05, 4.69) is 15.3 Å². The molecule has 0 saturated carbocycles. The third-order valence-electron chi connectivity index (χ3n) is 1.34. The first kappa shape index (κ1) is 9.51. The zero-order valence-corrected chi connectivity index (χ0v) is 7.74. The van der Waals surface area contributed by atoms with Crippen LogP contribution in [0.2, 0.25) is 0 Å². The smallest absolute Gasteiger partial charge is 0.244 e. The van der Waals surface area contributed by atoms with Crippen molar-refractivity contribution in [2.75, 3.05) is 0 Å². The molecule has 1 aromatic rings. The molecule has 0 fully saturated rings. The molecule has 0 aliphatic carbocycles. The van der Waals surface area contributed by atoms with Crippen LogP contribution in [0.15, 0.2) is 18.5 Å². The monoisotopic (exact) mass is 179 g/mol. The summed E-state index contributed by atoms with van der Waals surface area (Å²) in [7, 11) is 0. The minimum atomic E-state index is -0.105. The number of carbonyl (C=O) groups excluding carboxylic acids is 1. The van der Waals surface area contributed by atoms with Crippen LogP contribution >= 0.6 is 0 Å². The number of aromatic nitrogens is 2. The van der Waals surface area contributed by atoms with Gasteiger partial charge in [-0.05, 0) is 19.9 Å². The van der Waals surface area contributed by atoms with Crippen molar-refractivity contribution in [3.8, 4) is 0 Å². The highest BCUT2D eigenvalue weighted by molar-refractivity contribution is 5.91. The second kappa shape index (κ2) is 4.45. The molecular weight excluding hydrogens is 166 g/mol. The van der Waals surface area contributed by atoms with E-state index in [1.54, 1.807) is 18.5 Å². The number of H-pyrrole nitrogens is 1. The number of nitrogens with one attached hydrogen (secondary N) is 2. The Morgan fingerprint density at radius 3 is 3.00 bits per heavy atom. The van der Waals surface area contributed by atoms with Gasteiger partial charge in [-0.15, -0.1) is 0 Å². The Hall–Kier alpha value is -1.58. The minimum Gasteiger partial charge on any atom is -0.350 e. The zero-order chi connectivity index (χ0) is 9.68. The van der Waals surface area contributed by atoms with Crippen molar-refractivity contribution in [2.24, 2.45) is 0 Å². The lowest BCUT2D eigenvalue weighted by molar-refractivity contribution is -0.116. The second-order valence-electron chi connectivity index (χ2n) is 2.97. The van der Waals surface area contributed by atoms with Crippen molar-refractivity contribution >= 4 is 12.0 Å². The van der Waals surface area contributed by atoms with E-state index in [1.807, 2.05) is 13.8 Å². The number of hydrogen-bond acceptors (Lipinski definition) is 2. The summed E-state index contributed by atoms with van der Waals surface area (Å²) in [6.07, 6.45) is 6.44. The predicted octanol–water partition coefficient (Wildman–Crippen LogP) is 0.947. The fourth-order valence-corrected chi connectivity index (χ4v) is 0.856. The lowest BCUT2D eigenvalue weighted by Gasteiger charge is -2.03. The van der Waals surface area contributed by atoms with E-state index < -0.39 is 0 Å². The summed E-state index contributed by atoms with van der Waals surface area (Å²) in [5.41, 5.74) is 0. The molecule has 4 heteroatoms. The quantitative estimate of drug-likeness (QED) is 0.679. The summed E-state index contributed by atoms with van der Waals surface area (Å²) < 4.78 is 0. The standard InChI is InChI=1S/C9H13N3O/c1-7(2)12-9(13)4-3-8-10-5-6-11-8/h3-7H,1-2H3,(H,10,11)(H,12,13)/b4-3+. The van der Waals surface area contributed by atoms with Crippen LogP contribution in [-0.2, 0) is 4.79 Å². The Labute approximate surface area is 77.1 Å². The van der Waals surface area contributed by atoms with Gasteiger partial charge in [-0.3, -0.25) is 4.79 Å². The summed E-state index contributed by atoms with van der Waals surface area (Å²) in [5, 5.41) is 2.74. The van der Waals surface area contributed by atoms with Gasteiger partial charge in [0.05, 0.1) is 0 Å². The molecule has 0 aromatic carbocycles. The second-order valence-corrected chi connectivity index (χ2v) is 2.97. The van der Waals surface area contributed by atoms with Gasteiger partial charge < -0.3 is 10.3 Å². The average Bonchev–Trinajstić information content (AvgIpc) is 2.51. The van der Waals surface area contributed by atoms with Crippen LogP contribution in [0, 0.1) is 0 Å². The Bertz CT molecular complexity index is 288. The lowest BCUT2D eigenvalue weighted by atomic mass is 10.3. The van der Waals surface area contributed by atoms with Crippen molar-refractivity contribution < 1.29 is 4.79 Å². The number of aromatic amines is 1. The summed E-state index contributed by atoms with van der Waals surface area (Å²) in [6.45, 7) is 3.83. The Morgan fingerprint density at radius 1 is 1.69 bits per heavy atom. The van der Waals surface area contributed by atoms with Gasteiger partial charge in [0.25, 0.3) is 0 Å². The molecule has 0 aliphatic heterocycles. The molecule has 13 heavy (non-hydrogen) atoms. The molecule has 2 N–H and O–H groups in total. The van der Waals surface area contributed by atoms with Crippen molar-refractivity contribution in [1.82, 2.24) is 15.3 Å². The highest BCUT2D eigenvalue weighted by atomic mass is 16.1. The van der Waals surface area contributed by atoms with Gasteiger partial charge in [-0.2, -0.15) is 0 Å². The van der Waals surface area contributed by atoms with Crippen LogP contribution in [0.25, 0.3) is 6.08 Å². The van der Waals surface area contributed by atoms with E-state index in [9.17, 15) is 4.79 Å². The maximum atomic E-state index is 11.1. The number of hydrogen-bond donors (Lipinski definition) is 2. The molecule has 0 spiro atoms. The lowest BCUT2D eigenvalue weighted by Crippen LogP contribution is -2.28. The third-order valence-corrected chi connectivity index (χ3v) is 1.34. The minimum absolute atomic E-state index is 0.105. The molecule has 70 valence electrons. The van der Waals surface area contributed by atoms with Crippen molar-refractivity contribution in [3.63, 3.8) is 0 Å². The highest BCUT2D eigenvalue weighted by Gasteiger charge is 1.97. The third kappa shape index (κ3) is 3.55. The Balaban J connectivity index is 2.44. The molecular formula is C9H13N3O. The van der Waals surface area contributed by atoms with Crippen LogP contribution in [-0.4, -0.2) is 21.9 Å². The van der Waals surface area contributed by atoms with E-state index in [-0.39, 0.29) is 11.9 Å². The predicted molar refractivity (Wildman–Crippen MR) is 50.9 cm³/mol. The van der Waals surface area contributed by atoms with Gasteiger partial charge in [0.1, 0.15) is 5.82 Å². The number of amides is 1. The molecule has 1 aromatic heterocycles. The molecule has 1 amide bonds. The van der Waals surface area contributed by atoms with Gasteiger partial charge in [0.2, 0.25) is 5.91 Å². The fraction of sp³-hybridized carbons (Fsp3) is 0.333. The number of imidazole rings is 1. The summed E-state index contributed by atoms with van der Waals surface area (Å²) in [4.78, 5) is 17.9. The SMILES string of the molecule is CC(C)NC(=O)/C=C/c1ncc[nH]1. The maximum Gasteiger partial charge on any atom is 0.244 e. The van der Waals surface area contributed by atoms with Crippen LogP contribution < -0.4 is 5.32 Å². The summed E-state index contributed by atoms with van der Waals surface area (Å²) in [6, 6.07) is 0.161. The van der Waals surface area contributed by atoms with Crippen molar-refractivity contribution in [2.45, 2.75) is 19.9 Å². The molecule has 0 unspecified atom stereocenters. The van der Waals surface area contributed by atoms with E-state index in [0.29, 0.717) is 5.82 Å². The number of rotatable bonds is 3. The largest absolute Gasteiger partial charge is 0.350 e. The van der Waals surface area contributed by atoms with Gasteiger partial charge in [-0.25, -0.2) is 4.98 Å². The van der Waals surface area contributed by atoms with Gasteiger partial charge in [-0.1, -0.05) is 0 Å². The molecule has 0 atom stereocenters. The van der Waals surface area contributed by atoms with Crippen LogP contribution in [0.1, 0.15) is 19.7 Å². The topological polar surface area (TPSA) is 57.8 Å². The van der Waals surface area contributed by atoms with Gasteiger partial charge in [0, 0.05) is 24.5 Å². The first-order valence-corrected chi connectivity index (χ1v) is 4.16. The fourth-order valence-electron chi connectivity index (χ4n) is 0.856. The molecule has 0 bridgehead atoms. The van der Waals surface area contributed by atoms with Crippen LogP contribution in [0.3, 0.4) is 0 Å². The number of carbonyl (C=O) groups is 1. The molecule has 0 radical (unpaired) electrons. The molecule has 1 heterocycles. The molecule has 0 aliphatic rings. The Morgan fingerprint density at radius 2 is 2.46 bits per heavy atom. The zero-order valence-electron chi connectivity index (χ0n) is 7.74.